The standard InChI is InChI=1S/C18H28FNO/c1-3-20-18(12-9-14-7-5-4-6-8-14)16-11-10-15(21-2)13-17(16)19/h10-11,13-14,18,20H,3-9,12H2,1-2H3. The largest absolute Gasteiger partial charge is 0.497 e. The normalized spacial score (nSPS) is 17.7. The molecule has 1 fully saturated rings. The second-order valence-corrected chi connectivity index (χ2v) is 6.08. The predicted octanol–water partition coefficient (Wildman–Crippen LogP) is 4.85. The maximum Gasteiger partial charge on any atom is 0.131 e. The van der Waals surface area contributed by atoms with Gasteiger partial charge >= 0.3 is 0 Å². The van der Waals surface area contributed by atoms with Crippen molar-refractivity contribution in [1.82, 2.24) is 5.32 Å². The molecule has 1 atom stereocenters. The highest BCUT2D eigenvalue weighted by Gasteiger charge is 2.19. The average Bonchev–Trinajstić information content (AvgIpc) is 2.52. The van der Waals surface area contributed by atoms with Gasteiger partial charge in [-0.25, -0.2) is 4.39 Å². The summed E-state index contributed by atoms with van der Waals surface area (Å²) in [5.74, 6) is 1.25. The molecule has 3 heteroatoms. The first-order chi connectivity index (χ1) is 10.2. The van der Waals surface area contributed by atoms with Gasteiger partial charge in [0, 0.05) is 17.7 Å². The minimum atomic E-state index is -0.163. The lowest BCUT2D eigenvalue weighted by Gasteiger charge is -2.25. The van der Waals surface area contributed by atoms with E-state index < -0.39 is 0 Å². The molecule has 0 saturated heterocycles. The Morgan fingerprint density at radius 3 is 2.67 bits per heavy atom. The SMILES string of the molecule is CCNC(CCC1CCCCC1)c1ccc(OC)cc1F. The molecule has 1 aliphatic carbocycles. The molecule has 1 aliphatic rings. The van der Waals surface area contributed by atoms with Gasteiger partial charge in [0.1, 0.15) is 11.6 Å². The van der Waals surface area contributed by atoms with E-state index in [1.54, 1.807) is 7.11 Å². The van der Waals surface area contributed by atoms with Crippen molar-refractivity contribution in [2.45, 2.75) is 57.9 Å². The Labute approximate surface area is 128 Å². The highest BCUT2D eigenvalue weighted by molar-refractivity contribution is 5.30. The van der Waals surface area contributed by atoms with Crippen LogP contribution in [0, 0.1) is 11.7 Å². The van der Waals surface area contributed by atoms with Crippen LogP contribution in [0.1, 0.15) is 63.5 Å². The van der Waals surface area contributed by atoms with Crippen molar-refractivity contribution in [3.05, 3.63) is 29.6 Å². The van der Waals surface area contributed by atoms with E-state index >= 15 is 0 Å². The van der Waals surface area contributed by atoms with Crippen molar-refractivity contribution in [1.29, 1.82) is 0 Å². The number of nitrogens with one attached hydrogen (secondary N) is 1. The second-order valence-electron chi connectivity index (χ2n) is 6.08. The van der Waals surface area contributed by atoms with Crippen LogP contribution in [-0.4, -0.2) is 13.7 Å². The molecule has 0 aliphatic heterocycles. The lowest BCUT2D eigenvalue weighted by Crippen LogP contribution is -2.23. The van der Waals surface area contributed by atoms with E-state index in [0.29, 0.717) is 5.75 Å². The van der Waals surface area contributed by atoms with Crippen molar-refractivity contribution in [3.63, 3.8) is 0 Å². The molecule has 0 radical (unpaired) electrons. The Hall–Kier alpha value is -1.09. The summed E-state index contributed by atoms with van der Waals surface area (Å²) in [7, 11) is 1.57. The number of hydrogen-bond acceptors (Lipinski definition) is 2. The van der Waals surface area contributed by atoms with Crippen molar-refractivity contribution < 1.29 is 9.13 Å². The van der Waals surface area contributed by atoms with Gasteiger partial charge in [0.15, 0.2) is 0 Å². The maximum atomic E-state index is 14.3. The van der Waals surface area contributed by atoms with Gasteiger partial charge in [0.2, 0.25) is 0 Å². The Balaban J connectivity index is 2.00. The maximum absolute atomic E-state index is 14.3. The van der Waals surface area contributed by atoms with Crippen LogP contribution in [0.15, 0.2) is 18.2 Å². The van der Waals surface area contributed by atoms with E-state index in [-0.39, 0.29) is 11.9 Å². The quantitative estimate of drug-likeness (QED) is 0.776. The van der Waals surface area contributed by atoms with Crippen molar-refractivity contribution in [2.75, 3.05) is 13.7 Å². The summed E-state index contributed by atoms with van der Waals surface area (Å²) in [4.78, 5) is 0. The van der Waals surface area contributed by atoms with Gasteiger partial charge in [-0.2, -0.15) is 0 Å². The minimum absolute atomic E-state index is 0.114. The lowest BCUT2D eigenvalue weighted by molar-refractivity contribution is 0.313. The number of rotatable bonds is 7. The molecule has 0 aromatic heterocycles. The summed E-state index contributed by atoms with van der Waals surface area (Å²) >= 11 is 0. The van der Waals surface area contributed by atoms with E-state index in [4.69, 9.17) is 4.74 Å². The summed E-state index contributed by atoms with van der Waals surface area (Å²) < 4.78 is 19.3. The molecule has 1 saturated carbocycles. The van der Waals surface area contributed by atoms with E-state index in [1.165, 1.54) is 44.6 Å². The van der Waals surface area contributed by atoms with Crippen LogP contribution in [0.4, 0.5) is 4.39 Å². The summed E-state index contributed by atoms with van der Waals surface area (Å²) in [5, 5.41) is 3.44. The fourth-order valence-electron chi connectivity index (χ4n) is 3.41. The van der Waals surface area contributed by atoms with Gasteiger partial charge in [-0.05, 0) is 31.4 Å². The molecule has 0 bridgehead atoms. The molecule has 2 rings (SSSR count). The molecule has 1 unspecified atom stereocenters. The molecule has 21 heavy (non-hydrogen) atoms. The lowest BCUT2D eigenvalue weighted by atomic mass is 9.84. The van der Waals surface area contributed by atoms with Gasteiger partial charge in [0.25, 0.3) is 0 Å². The molecular weight excluding hydrogens is 265 g/mol. The van der Waals surface area contributed by atoms with Gasteiger partial charge in [-0.15, -0.1) is 0 Å². The molecule has 1 N–H and O–H groups in total. The zero-order valence-corrected chi connectivity index (χ0v) is 13.3. The molecule has 0 spiro atoms. The molecule has 1 aromatic carbocycles. The number of ether oxygens (including phenoxy) is 1. The van der Waals surface area contributed by atoms with Crippen LogP contribution in [-0.2, 0) is 0 Å². The van der Waals surface area contributed by atoms with E-state index in [0.717, 1.165) is 24.4 Å². The van der Waals surface area contributed by atoms with Crippen molar-refractivity contribution >= 4 is 0 Å². The molecule has 0 amide bonds. The first-order valence-electron chi connectivity index (χ1n) is 8.31. The van der Waals surface area contributed by atoms with E-state index in [1.807, 2.05) is 12.1 Å². The smallest absolute Gasteiger partial charge is 0.131 e. The van der Waals surface area contributed by atoms with Crippen LogP contribution >= 0.6 is 0 Å². The molecule has 118 valence electrons. The first kappa shape index (κ1) is 16.3. The van der Waals surface area contributed by atoms with Crippen molar-refractivity contribution in [2.24, 2.45) is 5.92 Å². The van der Waals surface area contributed by atoms with Crippen LogP contribution in [0.5, 0.6) is 5.75 Å². The summed E-state index contributed by atoms with van der Waals surface area (Å²) in [6, 6.07) is 5.31. The number of halogens is 1. The molecule has 2 nitrogen and oxygen atoms in total. The third-order valence-corrected chi connectivity index (χ3v) is 4.62. The number of benzene rings is 1. The Morgan fingerprint density at radius 1 is 1.29 bits per heavy atom. The van der Waals surface area contributed by atoms with E-state index in [9.17, 15) is 4.39 Å². The fraction of sp³-hybridized carbons (Fsp3) is 0.667. The highest BCUT2D eigenvalue weighted by atomic mass is 19.1. The summed E-state index contributed by atoms with van der Waals surface area (Å²) in [6.45, 7) is 2.94. The molecule has 0 heterocycles. The number of methoxy groups -OCH3 is 1. The topological polar surface area (TPSA) is 21.3 Å². The second kappa shape index (κ2) is 8.38. The predicted molar refractivity (Wildman–Crippen MR) is 85.2 cm³/mol. The monoisotopic (exact) mass is 293 g/mol. The summed E-state index contributed by atoms with van der Waals surface area (Å²) in [6.07, 6.45) is 9.04. The third kappa shape index (κ3) is 4.70. The van der Waals surface area contributed by atoms with Gasteiger partial charge in [0.05, 0.1) is 7.11 Å². The zero-order chi connectivity index (χ0) is 15.1. The van der Waals surface area contributed by atoms with E-state index in [2.05, 4.69) is 12.2 Å². The van der Waals surface area contributed by atoms with Crippen LogP contribution < -0.4 is 10.1 Å². The van der Waals surface area contributed by atoms with Gasteiger partial charge in [-0.1, -0.05) is 45.1 Å². The average molecular weight is 293 g/mol. The van der Waals surface area contributed by atoms with Gasteiger partial charge < -0.3 is 10.1 Å². The fourth-order valence-corrected chi connectivity index (χ4v) is 3.41. The van der Waals surface area contributed by atoms with Crippen LogP contribution in [0.3, 0.4) is 0 Å². The number of hydrogen-bond donors (Lipinski definition) is 1. The van der Waals surface area contributed by atoms with Crippen molar-refractivity contribution in [3.8, 4) is 5.75 Å². The Bertz CT molecular complexity index is 429. The minimum Gasteiger partial charge on any atom is -0.497 e. The van der Waals surface area contributed by atoms with Gasteiger partial charge in [-0.3, -0.25) is 0 Å². The molecule has 1 aromatic rings. The van der Waals surface area contributed by atoms with Crippen LogP contribution in [0.2, 0.25) is 0 Å². The van der Waals surface area contributed by atoms with Crippen LogP contribution in [0.25, 0.3) is 0 Å². The third-order valence-electron chi connectivity index (χ3n) is 4.62. The summed E-state index contributed by atoms with van der Waals surface area (Å²) in [5.41, 5.74) is 0.772. The Kier molecular flexibility index (Phi) is 6.50. The first-order valence-corrected chi connectivity index (χ1v) is 8.31. The Morgan fingerprint density at radius 2 is 2.05 bits per heavy atom. The molecular formula is C18H28FNO. The highest BCUT2D eigenvalue weighted by Crippen LogP contribution is 2.31. The zero-order valence-electron chi connectivity index (χ0n) is 13.3.